The third kappa shape index (κ3) is 1.92. The molecule has 0 atom stereocenters. The van der Waals surface area contributed by atoms with Gasteiger partial charge < -0.3 is 9.15 Å². The van der Waals surface area contributed by atoms with E-state index in [9.17, 15) is 19.7 Å². The van der Waals surface area contributed by atoms with Gasteiger partial charge in [-0.1, -0.05) is 0 Å². The number of esters is 2. The monoisotopic (exact) mass is 225 g/mol. The smallest absolute Gasteiger partial charge is 0.406 e. The first-order valence-corrected chi connectivity index (χ1v) is 4.54. The molecule has 1 aromatic heterocycles. The zero-order chi connectivity index (χ0) is 11.7. The van der Waals surface area contributed by atoms with Crippen molar-refractivity contribution in [2.45, 2.75) is 18.8 Å². The molecule has 0 bridgehead atoms. The summed E-state index contributed by atoms with van der Waals surface area (Å²) in [6, 6.07) is 2.59. The van der Waals surface area contributed by atoms with Crippen LogP contribution in [-0.4, -0.2) is 16.9 Å². The maximum absolute atomic E-state index is 11.0. The van der Waals surface area contributed by atoms with Gasteiger partial charge in [0.1, 0.15) is 10.7 Å². The summed E-state index contributed by atoms with van der Waals surface area (Å²) >= 11 is 0. The van der Waals surface area contributed by atoms with Crippen LogP contribution in [0.25, 0.3) is 0 Å². The maximum atomic E-state index is 11.0. The summed E-state index contributed by atoms with van der Waals surface area (Å²) < 4.78 is 9.26. The molecule has 0 aromatic carbocycles. The predicted octanol–water partition coefficient (Wildman–Crippen LogP) is 1.13. The summed E-state index contributed by atoms with van der Waals surface area (Å²) in [5.41, 5.74) is 0. The summed E-state index contributed by atoms with van der Waals surface area (Å²) in [6.45, 7) is 0. The van der Waals surface area contributed by atoms with Gasteiger partial charge in [-0.05, 0) is 6.07 Å². The molecule has 0 aliphatic carbocycles. The van der Waals surface area contributed by atoms with Crippen LogP contribution >= 0.6 is 0 Å². The minimum Gasteiger partial charge on any atom is -0.406 e. The number of carbonyl (C=O) groups excluding carboxylic acids is 2. The van der Waals surface area contributed by atoms with Crippen LogP contribution in [0.2, 0.25) is 0 Å². The number of hydrogen-bond donors (Lipinski definition) is 0. The molecule has 0 spiro atoms. The highest BCUT2D eigenvalue weighted by Crippen LogP contribution is 2.31. The maximum Gasteiger partial charge on any atom is 0.433 e. The summed E-state index contributed by atoms with van der Waals surface area (Å²) in [5, 5.41) is 10.4. The number of hydrogen-bond acceptors (Lipinski definition) is 6. The van der Waals surface area contributed by atoms with Crippen molar-refractivity contribution in [1.29, 1.82) is 0 Å². The first-order valence-electron chi connectivity index (χ1n) is 4.54. The van der Waals surface area contributed by atoms with Gasteiger partial charge in [-0.25, -0.2) is 0 Å². The van der Waals surface area contributed by atoms with Gasteiger partial charge in [0, 0.05) is 5.92 Å². The third-order valence-electron chi connectivity index (χ3n) is 2.25. The Morgan fingerprint density at radius 2 is 1.88 bits per heavy atom. The Hall–Kier alpha value is -2.18. The number of ether oxygens (including phenoxy) is 1. The molecular weight excluding hydrogens is 218 g/mol. The Labute approximate surface area is 89.1 Å². The molecule has 84 valence electrons. The molecule has 1 aliphatic heterocycles. The number of rotatable bonds is 2. The first kappa shape index (κ1) is 10.3. The van der Waals surface area contributed by atoms with Gasteiger partial charge in [0.25, 0.3) is 0 Å². The molecule has 0 N–H and O–H groups in total. The average Bonchev–Trinajstić information content (AvgIpc) is 2.64. The van der Waals surface area contributed by atoms with Crippen LogP contribution in [0.5, 0.6) is 0 Å². The lowest BCUT2D eigenvalue weighted by atomic mass is 9.97. The molecule has 1 aliphatic rings. The zero-order valence-corrected chi connectivity index (χ0v) is 8.04. The van der Waals surface area contributed by atoms with Crippen molar-refractivity contribution < 1.29 is 23.7 Å². The van der Waals surface area contributed by atoms with E-state index < -0.39 is 28.7 Å². The molecule has 7 nitrogen and oxygen atoms in total. The molecule has 0 saturated carbocycles. The fourth-order valence-electron chi connectivity index (χ4n) is 1.55. The van der Waals surface area contributed by atoms with E-state index in [1.165, 1.54) is 12.1 Å². The molecule has 1 saturated heterocycles. The van der Waals surface area contributed by atoms with Crippen molar-refractivity contribution in [2.24, 2.45) is 0 Å². The summed E-state index contributed by atoms with van der Waals surface area (Å²) in [7, 11) is 0. The zero-order valence-electron chi connectivity index (χ0n) is 8.04. The largest absolute Gasteiger partial charge is 0.433 e. The highest BCUT2D eigenvalue weighted by atomic mass is 16.6. The molecule has 2 rings (SSSR count). The van der Waals surface area contributed by atoms with Crippen LogP contribution in [0.4, 0.5) is 5.88 Å². The van der Waals surface area contributed by atoms with Crippen LogP contribution < -0.4 is 0 Å². The lowest BCUT2D eigenvalue weighted by Gasteiger charge is -2.16. The quantitative estimate of drug-likeness (QED) is 0.323. The SMILES string of the molecule is O=C1CC(c2ccc([N+](=O)[O-])o2)CC(=O)O1. The molecule has 0 radical (unpaired) electrons. The van der Waals surface area contributed by atoms with Crippen LogP contribution in [-0.2, 0) is 14.3 Å². The summed E-state index contributed by atoms with van der Waals surface area (Å²) in [5.74, 6) is -1.89. The van der Waals surface area contributed by atoms with Crippen molar-refractivity contribution in [3.8, 4) is 0 Å². The summed E-state index contributed by atoms with van der Waals surface area (Å²) in [4.78, 5) is 31.7. The standard InChI is InChI=1S/C9H7NO6/c11-8-3-5(4-9(12)16-8)6-1-2-7(15-6)10(13)14/h1-2,5H,3-4H2. The normalized spacial score (nSPS) is 17.2. The van der Waals surface area contributed by atoms with Crippen molar-refractivity contribution in [1.82, 2.24) is 0 Å². The van der Waals surface area contributed by atoms with Gasteiger partial charge in [0.2, 0.25) is 0 Å². The van der Waals surface area contributed by atoms with Gasteiger partial charge in [-0.15, -0.1) is 0 Å². The molecule has 2 heterocycles. The van der Waals surface area contributed by atoms with Crippen molar-refractivity contribution in [3.05, 3.63) is 28.0 Å². The van der Waals surface area contributed by atoms with Gasteiger partial charge in [0.05, 0.1) is 18.9 Å². The van der Waals surface area contributed by atoms with Crippen LogP contribution in [0.3, 0.4) is 0 Å². The van der Waals surface area contributed by atoms with E-state index >= 15 is 0 Å². The number of cyclic esters (lactones) is 2. The van der Waals surface area contributed by atoms with Gasteiger partial charge in [-0.3, -0.25) is 19.7 Å². The second-order valence-corrected chi connectivity index (χ2v) is 3.38. The number of carbonyl (C=O) groups is 2. The fourth-order valence-corrected chi connectivity index (χ4v) is 1.55. The molecule has 16 heavy (non-hydrogen) atoms. The molecular formula is C9H7NO6. The third-order valence-corrected chi connectivity index (χ3v) is 2.25. The average molecular weight is 225 g/mol. The lowest BCUT2D eigenvalue weighted by Crippen LogP contribution is -2.23. The van der Waals surface area contributed by atoms with E-state index in [2.05, 4.69) is 4.74 Å². The fraction of sp³-hybridized carbons (Fsp3) is 0.333. The second kappa shape index (κ2) is 3.76. The Bertz CT molecular complexity index is 446. The first-order chi connectivity index (χ1) is 7.56. The second-order valence-electron chi connectivity index (χ2n) is 3.38. The van der Waals surface area contributed by atoms with Crippen molar-refractivity contribution in [3.63, 3.8) is 0 Å². The molecule has 1 aromatic rings. The summed E-state index contributed by atoms with van der Waals surface area (Å²) in [6.07, 6.45) is -0.00713. The Morgan fingerprint density at radius 3 is 2.38 bits per heavy atom. The topological polar surface area (TPSA) is 99.6 Å². The van der Waals surface area contributed by atoms with E-state index in [-0.39, 0.29) is 18.6 Å². The van der Waals surface area contributed by atoms with Gasteiger partial charge in [-0.2, -0.15) is 0 Å². The predicted molar refractivity (Wildman–Crippen MR) is 48.4 cm³/mol. The minimum atomic E-state index is -0.674. The molecule has 0 unspecified atom stereocenters. The van der Waals surface area contributed by atoms with Crippen LogP contribution in [0.1, 0.15) is 24.5 Å². The lowest BCUT2D eigenvalue weighted by molar-refractivity contribution is -0.402. The Kier molecular flexibility index (Phi) is 2.43. The van der Waals surface area contributed by atoms with Gasteiger partial charge in [0.15, 0.2) is 0 Å². The minimum absolute atomic E-state index is 0.00356. The van der Waals surface area contributed by atoms with E-state index in [0.29, 0.717) is 0 Å². The van der Waals surface area contributed by atoms with Crippen molar-refractivity contribution >= 4 is 17.8 Å². The van der Waals surface area contributed by atoms with E-state index in [1.54, 1.807) is 0 Å². The van der Waals surface area contributed by atoms with Crippen molar-refractivity contribution in [2.75, 3.05) is 0 Å². The number of nitrogens with zero attached hydrogens (tertiary/aromatic N) is 1. The van der Waals surface area contributed by atoms with Crippen LogP contribution in [0, 0.1) is 10.1 Å². The highest BCUT2D eigenvalue weighted by molar-refractivity contribution is 5.89. The number of furan rings is 1. The highest BCUT2D eigenvalue weighted by Gasteiger charge is 2.31. The van der Waals surface area contributed by atoms with E-state index in [0.717, 1.165) is 0 Å². The van der Waals surface area contributed by atoms with E-state index in [4.69, 9.17) is 4.42 Å². The van der Waals surface area contributed by atoms with Gasteiger partial charge >= 0.3 is 17.8 Å². The molecule has 0 amide bonds. The molecule has 1 fully saturated rings. The number of nitro groups is 1. The molecule has 7 heteroatoms. The Balaban J connectivity index is 2.19. The van der Waals surface area contributed by atoms with Crippen LogP contribution in [0.15, 0.2) is 16.5 Å². The van der Waals surface area contributed by atoms with E-state index in [1.807, 2.05) is 0 Å². The Morgan fingerprint density at radius 1 is 1.25 bits per heavy atom.